The summed E-state index contributed by atoms with van der Waals surface area (Å²) in [5.41, 5.74) is 11.2. The lowest BCUT2D eigenvalue weighted by Gasteiger charge is -2.29. The fourth-order valence-corrected chi connectivity index (χ4v) is 3.47. The minimum Gasteiger partial charge on any atom is -0.480 e. The van der Waals surface area contributed by atoms with Gasteiger partial charge in [-0.1, -0.05) is 0 Å². The average molecular weight is 467 g/mol. The Kier molecular flexibility index (Phi) is 8.87. The second-order valence-electron chi connectivity index (χ2n) is 7.87. The lowest BCUT2D eigenvalue weighted by Crippen LogP contribution is -2.58. The molecule has 1 fully saturated rings. The van der Waals surface area contributed by atoms with Crippen LogP contribution in [0, 0.1) is 0 Å². The molecule has 0 aliphatic carbocycles. The summed E-state index contributed by atoms with van der Waals surface area (Å²) in [6.45, 7) is 1.62. The predicted molar refractivity (Wildman–Crippen MR) is 112 cm³/mol. The van der Waals surface area contributed by atoms with Gasteiger partial charge < -0.3 is 42.2 Å². The molecule has 1 aliphatic heterocycles. The number of likely N-dealkylation sites (tertiary alicyclic amines) is 1. The number of nitrogens with two attached hydrogens (primary N) is 2. The lowest BCUT2D eigenvalue weighted by molar-refractivity contribution is -0.144. The zero-order valence-corrected chi connectivity index (χ0v) is 18.1. The van der Waals surface area contributed by atoms with Gasteiger partial charge in [-0.3, -0.25) is 19.2 Å². The number of carbonyl (C=O) groups excluding carboxylic acids is 4. The number of aliphatic hydroxyl groups is 1. The van der Waals surface area contributed by atoms with E-state index >= 15 is 0 Å². The normalized spacial score (nSPS) is 19.2. The largest absolute Gasteiger partial charge is 0.480 e. The van der Waals surface area contributed by atoms with E-state index in [-0.39, 0.29) is 13.0 Å². The van der Waals surface area contributed by atoms with Gasteiger partial charge in [-0.25, -0.2) is 9.78 Å². The molecule has 9 N–H and O–H groups in total. The molecule has 4 amide bonds. The van der Waals surface area contributed by atoms with E-state index in [0.717, 1.165) is 0 Å². The van der Waals surface area contributed by atoms with E-state index in [4.69, 9.17) is 11.5 Å². The number of H-pyrrole nitrogens is 1. The van der Waals surface area contributed by atoms with E-state index in [1.165, 1.54) is 24.3 Å². The Morgan fingerprint density at radius 3 is 2.52 bits per heavy atom. The van der Waals surface area contributed by atoms with Gasteiger partial charge in [0.15, 0.2) is 0 Å². The number of imidazole rings is 1. The van der Waals surface area contributed by atoms with Gasteiger partial charge >= 0.3 is 5.97 Å². The van der Waals surface area contributed by atoms with Crippen molar-refractivity contribution in [3.63, 3.8) is 0 Å². The van der Waals surface area contributed by atoms with Crippen LogP contribution in [0.4, 0.5) is 0 Å². The molecule has 1 aliphatic rings. The van der Waals surface area contributed by atoms with Crippen LogP contribution in [0.3, 0.4) is 0 Å². The van der Waals surface area contributed by atoms with Gasteiger partial charge in [-0.15, -0.1) is 0 Å². The van der Waals surface area contributed by atoms with Crippen molar-refractivity contribution >= 4 is 29.6 Å². The average Bonchev–Trinajstić information content (AvgIpc) is 3.43. The zero-order valence-electron chi connectivity index (χ0n) is 18.1. The summed E-state index contributed by atoms with van der Waals surface area (Å²) >= 11 is 0. The predicted octanol–water partition coefficient (Wildman–Crippen LogP) is -3.42. The number of hydrogen-bond donors (Lipinski definition) is 7. The molecular formula is C19H29N7O7. The minimum absolute atomic E-state index is 0.0612. The third-order valence-electron chi connectivity index (χ3n) is 5.28. The van der Waals surface area contributed by atoms with Crippen LogP contribution >= 0.6 is 0 Å². The number of hydrogen-bond acceptors (Lipinski definition) is 8. The Labute approximate surface area is 189 Å². The molecule has 14 nitrogen and oxygen atoms in total. The molecule has 5 atom stereocenters. The molecule has 5 unspecified atom stereocenters. The maximum atomic E-state index is 13.0. The van der Waals surface area contributed by atoms with Crippen LogP contribution in [0.1, 0.15) is 31.9 Å². The first-order chi connectivity index (χ1) is 15.5. The molecule has 0 saturated carbocycles. The van der Waals surface area contributed by atoms with Crippen LogP contribution in [0.15, 0.2) is 12.5 Å². The van der Waals surface area contributed by atoms with Crippen LogP contribution in [0.25, 0.3) is 0 Å². The van der Waals surface area contributed by atoms with Gasteiger partial charge in [0.1, 0.15) is 24.2 Å². The molecule has 33 heavy (non-hydrogen) atoms. The van der Waals surface area contributed by atoms with Crippen molar-refractivity contribution in [1.82, 2.24) is 25.5 Å². The number of carboxylic acids is 1. The summed E-state index contributed by atoms with van der Waals surface area (Å²) in [7, 11) is 0. The molecule has 0 aromatic carbocycles. The van der Waals surface area contributed by atoms with Crippen LogP contribution in [0.2, 0.25) is 0 Å². The molecule has 182 valence electrons. The van der Waals surface area contributed by atoms with Crippen molar-refractivity contribution < 1.29 is 34.2 Å². The van der Waals surface area contributed by atoms with Crippen molar-refractivity contribution in [3.8, 4) is 0 Å². The van der Waals surface area contributed by atoms with E-state index in [2.05, 4.69) is 20.6 Å². The summed E-state index contributed by atoms with van der Waals surface area (Å²) in [6, 6.07) is -4.94. The number of primary amides is 1. The van der Waals surface area contributed by atoms with Crippen molar-refractivity contribution in [3.05, 3.63) is 18.2 Å². The summed E-state index contributed by atoms with van der Waals surface area (Å²) in [6.07, 6.45) is 1.84. The first-order valence-corrected chi connectivity index (χ1v) is 10.3. The highest BCUT2D eigenvalue weighted by atomic mass is 16.4. The Bertz CT molecular complexity index is 874. The molecular weight excluding hydrogens is 438 g/mol. The Balaban J connectivity index is 2.17. The molecule has 0 bridgehead atoms. The first kappa shape index (κ1) is 25.7. The topological polar surface area (TPSA) is 234 Å². The fraction of sp³-hybridized carbons (Fsp3) is 0.579. The molecule has 1 saturated heterocycles. The maximum Gasteiger partial charge on any atom is 0.326 e. The van der Waals surface area contributed by atoms with E-state index in [1.54, 1.807) is 0 Å². The summed E-state index contributed by atoms with van der Waals surface area (Å²) in [4.78, 5) is 68.8. The number of aromatic amines is 1. The number of rotatable bonds is 11. The zero-order chi connectivity index (χ0) is 24.7. The second kappa shape index (κ2) is 11.4. The highest BCUT2D eigenvalue weighted by molar-refractivity contribution is 5.95. The summed E-state index contributed by atoms with van der Waals surface area (Å²) in [5, 5.41) is 23.6. The molecule has 1 aromatic rings. The van der Waals surface area contributed by atoms with Crippen LogP contribution in [0.5, 0.6) is 0 Å². The van der Waals surface area contributed by atoms with E-state index in [9.17, 15) is 34.2 Å². The Morgan fingerprint density at radius 1 is 1.27 bits per heavy atom. The highest BCUT2D eigenvalue weighted by Gasteiger charge is 2.39. The van der Waals surface area contributed by atoms with E-state index in [1.807, 2.05) is 0 Å². The van der Waals surface area contributed by atoms with Crippen LogP contribution in [-0.4, -0.2) is 91.5 Å². The smallest absolute Gasteiger partial charge is 0.326 e. The fourth-order valence-electron chi connectivity index (χ4n) is 3.47. The number of aromatic nitrogens is 2. The standard InChI is InChI=1S/C19H29N7O7/c1-9(27)15(21)18(31)26-4-2-3-13(26)17(30)24-11(5-10-7-22-8-23-10)16(29)25-12(19(32)33)6-14(20)28/h7-9,11-13,15,27H,2-6,21H2,1H3,(H2,20,28)(H,22,23)(H,24,30)(H,25,29)(H,32,33). The number of nitrogens with one attached hydrogen (secondary N) is 3. The number of nitrogens with zero attached hydrogens (tertiary/aromatic N) is 2. The van der Waals surface area contributed by atoms with Gasteiger partial charge in [0.2, 0.25) is 23.6 Å². The van der Waals surface area contributed by atoms with Crippen molar-refractivity contribution in [2.45, 2.75) is 62.9 Å². The van der Waals surface area contributed by atoms with Crippen molar-refractivity contribution in [1.29, 1.82) is 0 Å². The quantitative estimate of drug-likeness (QED) is 0.171. The first-order valence-electron chi connectivity index (χ1n) is 10.3. The molecule has 1 aromatic heterocycles. The monoisotopic (exact) mass is 467 g/mol. The second-order valence-corrected chi connectivity index (χ2v) is 7.87. The summed E-state index contributed by atoms with van der Waals surface area (Å²) in [5.74, 6) is -4.48. The third-order valence-corrected chi connectivity index (χ3v) is 5.28. The Morgan fingerprint density at radius 2 is 1.97 bits per heavy atom. The molecule has 0 spiro atoms. The molecule has 2 rings (SSSR count). The van der Waals surface area contributed by atoms with Gasteiger partial charge in [-0.2, -0.15) is 0 Å². The van der Waals surface area contributed by atoms with Crippen LogP contribution in [-0.2, 0) is 30.4 Å². The van der Waals surface area contributed by atoms with Crippen molar-refractivity contribution in [2.75, 3.05) is 6.54 Å². The maximum absolute atomic E-state index is 13.0. The van der Waals surface area contributed by atoms with Gasteiger partial charge in [0.25, 0.3) is 0 Å². The lowest BCUT2D eigenvalue weighted by atomic mass is 10.1. The summed E-state index contributed by atoms with van der Waals surface area (Å²) < 4.78 is 0. The number of amides is 4. The third kappa shape index (κ3) is 6.98. The number of carboxylic acid groups (broad SMARTS) is 1. The number of aliphatic carboxylic acids is 1. The highest BCUT2D eigenvalue weighted by Crippen LogP contribution is 2.19. The molecule has 0 radical (unpaired) electrons. The molecule has 14 heteroatoms. The van der Waals surface area contributed by atoms with Gasteiger partial charge in [0.05, 0.1) is 18.9 Å². The SMILES string of the molecule is CC(O)C(N)C(=O)N1CCCC1C(=O)NC(Cc1cnc[nH]1)C(=O)NC(CC(N)=O)C(=O)O. The van der Waals surface area contributed by atoms with Gasteiger partial charge in [-0.05, 0) is 19.8 Å². The van der Waals surface area contributed by atoms with Gasteiger partial charge in [0, 0.05) is 24.9 Å². The number of aliphatic hydroxyl groups excluding tert-OH is 1. The minimum atomic E-state index is -1.58. The van der Waals surface area contributed by atoms with E-state index < -0.39 is 66.3 Å². The Hall–Kier alpha value is -3.52. The van der Waals surface area contributed by atoms with Crippen LogP contribution < -0.4 is 22.1 Å². The number of carbonyl (C=O) groups is 5. The molecule has 2 heterocycles. The van der Waals surface area contributed by atoms with E-state index in [0.29, 0.717) is 18.5 Å². The van der Waals surface area contributed by atoms with Crippen molar-refractivity contribution in [2.24, 2.45) is 11.5 Å².